The maximum Gasteiger partial charge on any atom is 0.115 e. The van der Waals surface area contributed by atoms with Gasteiger partial charge in [-0.1, -0.05) is 6.92 Å². The second-order valence-electron chi connectivity index (χ2n) is 1.96. The number of rotatable bonds is 2. The zero-order valence-electron chi connectivity index (χ0n) is 5.83. The van der Waals surface area contributed by atoms with Crippen LogP contribution in [0.4, 0.5) is 0 Å². The van der Waals surface area contributed by atoms with Crippen molar-refractivity contribution < 1.29 is 0 Å². The quantitative estimate of drug-likeness (QED) is 0.620. The summed E-state index contributed by atoms with van der Waals surface area (Å²) in [5.74, 6) is 0. The Kier molecular flexibility index (Phi) is 2.10. The van der Waals surface area contributed by atoms with Gasteiger partial charge in [-0.3, -0.25) is 0 Å². The Morgan fingerprint density at radius 1 is 1.50 bits per heavy atom. The molecule has 3 heteroatoms. The first-order chi connectivity index (χ1) is 4.84. The highest BCUT2D eigenvalue weighted by Gasteiger charge is 1.95. The molecule has 1 aromatic heterocycles. The van der Waals surface area contributed by atoms with Crippen molar-refractivity contribution in [3.63, 3.8) is 0 Å². The molecule has 0 aliphatic heterocycles. The Labute approximate surface area is 59.7 Å². The average Bonchev–Trinajstić information content (AvgIpc) is 2.05. The van der Waals surface area contributed by atoms with E-state index in [4.69, 9.17) is 5.41 Å². The fourth-order valence-corrected chi connectivity index (χ4v) is 0.659. The van der Waals surface area contributed by atoms with E-state index in [2.05, 4.69) is 9.97 Å². The molecule has 0 aliphatic carbocycles. The number of nitrogens with one attached hydrogen (secondary N) is 1. The molecular weight excluding hydrogens is 126 g/mol. The van der Waals surface area contributed by atoms with Gasteiger partial charge in [-0.25, -0.2) is 9.97 Å². The molecule has 1 N–H and O–H groups in total. The van der Waals surface area contributed by atoms with Crippen LogP contribution >= 0.6 is 0 Å². The Morgan fingerprint density at radius 2 is 2.10 bits per heavy atom. The molecule has 0 fully saturated rings. The van der Waals surface area contributed by atoms with Gasteiger partial charge in [-0.05, 0) is 6.42 Å². The lowest BCUT2D eigenvalue weighted by Crippen LogP contribution is -1.97. The molecule has 1 rings (SSSR count). The number of nitrogens with zero attached hydrogens (tertiary/aromatic N) is 2. The zero-order chi connectivity index (χ0) is 7.40. The van der Waals surface area contributed by atoms with Gasteiger partial charge in [0.1, 0.15) is 6.33 Å². The van der Waals surface area contributed by atoms with Gasteiger partial charge in [-0.15, -0.1) is 0 Å². The maximum absolute atomic E-state index is 7.40. The van der Waals surface area contributed by atoms with Crippen LogP contribution in [0.2, 0.25) is 0 Å². The van der Waals surface area contributed by atoms with Gasteiger partial charge in [0.15, 0.2) is 0 Å². The van der Waals surface area contributed by atoms with E-state index in [1.54, 1.807) is 12.4 Å². The van der Waals surface area contributed by atoms with Crippen molar-refractivity contribution >= 4 is 5.71 Å². The summed E-state index contributed by atoms with van der Waals surface area (Å²) in [7, 11) is 0. The summed E-state index contributed by atoms with van der Waals surface area (Å²) in [6.07, 6.45) is 5.50. The summed E-state index contributed by atoms with van der Waals surface area (Å²) in [6, 6.07) is 0. The molecule has 10 heavy (non-hydrogen) atoms. The minimum atomic E-state index is 0.584. The summed E-state index contributed by atoms with van der Waals surface area (Å²) in [5, 5.41) is 7.40. The van der Waals surface area contributed by atoms with Crippen molar-refractivity contribution in [1.82, 2.24) is 9.97 Å². The van der Waals surface area contributed by atoms with E-state index >= 15 is 0 Å². The lowest BCUT2D eigenvalue weighted by atomic mass is 10.2. The van der Waals surface area contributed by atoms with Crippen molar-refractivity contribution in [2.45, 2.75) is 13.3 Å². The van der Waals surface area contributed by atoms with Gasteiger partial charge in [0.05, 0.1) is 0 Å². The SMILES string of the molecule is CCC(=N)c1cncnc1. The van der Waals surface area contributed by atoms with E-state index in [1.807, 2.05) is 6.92 Å². The Balaban J connectivity index is 2.85. The van der Waals surface area contributed by atoms with Crippen LogP contribution in [0.5, 0.6) is 0 Å². The highest BCUT2D eigenvalue weighted by molar-refractivity contribution is 5.97. The van der Waals surface area contributed by atoms with Crippen molar-refractivity contribution in [1.29, 1.82) is 5.41 Å². The number of aromatic nitrogens is 2. The molecule has 0 amide bonds. The summed E-state index contributed by atoms with van der Waals surface area (Å²) in [5.41, 5.74) is 1.39. The molecule has 0 aliphatic rings. The van der Waals surface area contributed by atoms with Crippen molar-refractivity contribution in [3.8, 4) is 0 Å². The smallest absolute Gasteiger partial charge is 0.115 e. The fraction of sp³-hybridized carbons (Fsp3) is 0.286. The van der Waals surface area contributed by atoms with Crippen LogP contribution in [0, 0.1) is 5.41 Å². The fourth-order valence-electron chi connectivity index (χ4n) is 0.659. The van der Waals surface area contributed by atoms with Crippen LogP contribution in [-0.4, -0.2) is 15.7 Å². The monoisotopic (exact) mass is 135 g/mol. The summed E-state index contributed by atoms with van der Waals surface area (Å²) < 4.78 is 0. The van der Waals surface area contributed by atoms with Gasteiger partial charge in [0, 0.05) is 23.7 Å². The summed E-state index contributed by atoms with van der Waals surface area (Å²) in [6.45, 7) is 1.94. The molecule has 52 valence electrons. The molecule has 0 bridgehead atoms. The van der Waals surface area contributed by atoms with Gasteiger partial charge in [0.2, 0.25) is 0 Å². The highest BCUT2D eigenvalue weighted by Crippen LogP contribution is 1.96. The Hall–Kier alpha value is -1.25. The second-order valence-corrected chi connectivity index (χ2v) is 1.96. The minimum absolute atomic E-state index is 0.584. The van der Waals surface area contributed by atoms with E-state index in [1.165, 1.54) is 6.33 Å². The van der Waals surface area contributed by atoms with E-state index in [9.17, 15) is 0 Å². The van der Waals surface area contributed by atoms with Crippen LogP contribution in [0.1, 0.15) is 18.9 Å². The van der Waals surface area contributed by atoms with Crippen LogP contribution in [-0.2, 0) is 0 Å². The van der Waals surface area contributed by atoms with Crippen molar-refractivity contribution in [2.75, 3.05) is 0 Å². The van der Waals surface area contributed by atoms with Crippen molar-refractivity contribution in [2.24, 2.45) is 0 Å². The average molecular weight is 135 g/mol. The zero-order valence-corrected chi connectivity index (χ0v) is 5.83. The van der Waals surface area contributed by atoms with Gasteiger partial charge < -0.3 is 5.41 Å². The number of hydrogen-bond donors (Lipinski definition) is 1. The van der Waals surface area contributed by atoms with Gasteiger partial charge in [0.25, 0.3) is 0 Å². The molecule has 0 unspecified atom stereocenters. The predicted molar refractivity (Wildman–Crippen MR) is 39.2 cm³/mol. The third kappa shape index (κ3) is 1.37. The van der Waals surface area contributed by atoms with Gasteiger partial charge >= 0.3 is 0 Å². The molecule has 0 spiro atoms. The Bertz CT molecular complexity index is 218. The molecule has 1 aromatic rings. The normalized spacial score (nSPS) is 9.30. The van der Waals surface area contributed by atoms with Crippen LogP contribution in [0.25, 0.3) is 0 Å². The largest absolute Gasteiger partial charge is 0.305 e. The summed E-state index contributed by atoms with van der Waals surface area (Å²) in [4.78, 5) is 7.60. The first-order valence-corrected chi connectivity index (χ1v) is 3.17. The standard InChI is InChI=1S/C7H9N3/c1-2-7(8)6-3-9-5-10-4-6/h3-5,8H,2H2,1H3. The van der Waals surface area contributed by atoms with E-state index < -0.39 is 0 Å². The van der Waals surface area contributed by atoms with Crippen molar-refractivity contribution in [3.05, 3.63) is 24.3 Å². The first kappa shape index (κ1) is 6.86. The third-order valence-electron chi connectivity index (χ3n) is 1.26. The van der Waals surface area contributed by atoms with E-state index in [-0.39, 0.29) is 0 Å². The third-order valence-corrected chi connectivity index (χ3v) is 1.26. The van der Waals surface area contributed by atoms with Gasteiger partial charge in [-0.2, -0.15) is 0 Å². The van der Waals surface area contributed by atoms with Crippen LogP contribution in [0.3, 0.4) is 0 Å². The maximum atomic E-state index is 7.40. The highest BCUT2D eigenvalue weighted by atomic mass is 14.8. The predicted octanol–water partition coefficient (Wildman–Crippen LogP) is 1.25. The lowest BCUT2D eigenvalue weighted by molar-refractivity contribution is 1.14. The second kappa shape index (κ2) is 3.06. The van der Waals surface area contributed by atoms with E-state index in [0.717, 1.165) is 12.0 Å². The lowest BCUT2D eigenvalue weighted by Gasteiger charge is -1.95. The Morgan fingerprint density at radius 3 is 2.60 bits per heavy atom. The minimum Gasteiger partial charge on any atom is -0.305 e. The molecule has 1 heterocycles. The molecule has 0 aromatic carbocycles. The van der Waals surface area contributed by atoms with Crippen LogP contribution in [0.15, 0.2) is 18.7 Å². The molecule has 0 atom stereocenters. The first-order valence-electron chi connectivity index (χ1n) is 3.17. The molecule has 3 nitrogen and oxygen atoms in total. The molecular formula is C7H9N3. The molecule has 0 radical (unpaired) electrons. The molecule has 0 saturated carbocycles. The van der Waals surface area contributed by atoms with E-state index in [0.29, 0.717) is 5.71 Å². The summed E-state index contributed by atoms with van der Waals surface area (Å²) >= 11 is 0. The molecule has 0 saturated heterocycles. The van der Waals surface area contributed by atoms with Crippen LogP contribution < -0.4 is 0 Å². The topological polar surface area (TPSA) is 49.6 Å². The number of hydrogen-bond acceptors (Lipinski definition) is 3.